The van der Waals surface area contributed by atoms with Gasteiger partial charge < -0.3 is 0 Å². The molecule has 1 N–H and O–H groups in total. The number of benzene rings is 1. The lowest BCUT2D eigenvalue weighted by Gasteiger charge is -2.18. The fraction of sp³-hybridized carbons (Fsp3) is 0.143. The first-order chi connectivity index (χ1) is 12.7. The summed E-state index contributed by atoms with van der Waals surface area (Å²) in [5.74, 6) is 0. The van der Waals surface area contributed by atoms with E-state index >= 15 is 0 Å². The molecule has 4 aromatic rings. The topological polar surface area (TPSA) is 46.4 Å². The number of pyridine rings is 1. The van der Waals surface area contributed by atoms with E-state index in [0.29, 0.717) is 12.2 Å². The Morgan fingerprint density at radius 1 is 1.12 bits per heavy atom. The van der Waals surface area contributed by atoms with Crippen LogP contribution < -0.4 is 10.9 Å². The van der Waals surface area contributed by atoms with Crippen molar-refractivity contribution < 1.29 is 0 Å². The molecular formula is C21H19N3OS. The highest BCUT2D eigenvalue weighted by molar-refractivity contribution is 7.10. The highest BCUT2D eigenvalue weighted by Crippen LogP contribution is 2.26. The molecule has 26 heavy (non-hydrogen) atoms. The van der Waals surface area contributed by atoms with Crippen molar-refractivity contribution >= 4 is 17.0 Å². The maximum absolute atomic E-state index is 12.4. The predicted molar refractivity (Wildman–Crippen MR) is 106 cm³/mol. The van der Waals surface area contributed by atoms with Crippen LogP contribution in [-0.2, 0) is 6.54 Å². The second-order valence-electron chi connectivity index (χ2n) is 6.21. The number of aryl methyl sites for hydroxylation is 1. The van der Waals surface area contributed by atoms with Gasteiger partial charge in [0.05, 0.1) is 11.7 Å². The molecule has 4 nitrogen and oxygen atoms in total. The van der Waals surface area contributed by atoms with Gasteiger partial charge in [-0.3, -0.25) is 14.5 Å². The Morgan fingerprint density at radius 2 is 1.96 bits per heavy atom. The summed E-state index contributed by atoms with van der Waals surface area (Å²) in [5.41, 5.74) is 3.60. The fourth-order valence-electron chi connectivity index (χ4n) is 3.09. The quantitative estimate of drug-likeness (QED) is 0.586. The van der Waals surface area contributed by atoms with Crippen LogP contribution in [0.5, 0.6) is 0 Å². The lowest BCUT2D eigenvalue weighted by atomic mass is 10.1. The molecule has 0 aliphatic carbocycles. The van der Waals surface area contributed by atoms with Crippen molar-refractivity contribution in [1.29, 1.82) is 0 Å². The fourth-order valence-corrected chi connectivity index (χ4v) is 3.92. The molecule has 130 valence electrons. The van der Waals surface area contributed by atoms with Crippen LogP contribution in [0, 0.1) is 6.92 Å². The maximum Gasteiger partial charge on any atom is 0.258 e. The van der Waals surface area contributed by atoms with E-state index in [-0.39, 0.29) is 11.6 Å². The zero-order valence-electron chi connectivity index (χ0n) is 14.4. The molecule has 0 unspecified atom stereocenters. The normalized spacial score (nSPS) is 12.3. The van der Waals surface area contributed by atoms with E-state index < -0.39 is 0 Å². The summed E-state index contributed by atoms with van der Waals surface area (Å²) in [6, 6.07) is 20.0. The number of thiophene rings is 1. The van der Waals surface area contributed by atoms with Gasteiger partial charge >= 0.3 is 0 Å². The van der Waals surface area contributed by atoms with Gasteiger partial charge in [-0.2, -0.15) is 0 Å². The smallest absolute Gasteiger partial charge is 0.258 e. The molecule has 0 radical (unpaired) electrons. The van der Waals surface area contributed by atoms with E-state index in [4.69, 9.17) is 0 Å². The summed E-state index contributed by atoms with van der Waals surface area (Å²) >= 11 is 1.72. The van der Waals surface area contributed by atoms with Gasteiger partial charge in [0, 0.05) is 23.7 Å². The van der Waals surface area contributed by atoms with Crippen LogP contribution in [0.25, 0.3) is 5.65 Å². The lowest BCUT2D eigenvalue weighted by Crippen LogP contribution is -2.24. The van der Waals surface area contributed by atoms with Crippen molar-refractivity contribution in [2.75, 3.05) is 0 Å². The zero-order valence-corrected chi connectivity index (χ0v) is 15.2. The average molecular weight is 361 g/mol. The van der Waals surface area contributed by atoms with E-state index in [9.17, 15) is 4.79 Å². The Hall–Kier alpha value is -2.76. The van der Waals surface area contributed by atoms with E-state index in [1.54, 1.807) is 28.0 Å². The largest absolute Gasteiger partial charge is 0.300 e. The Kier molecular flexibility index (Phi) is 4.65. The standard InChI is InChI=1S/C21H19N3OS/c1-15-7-5-11-24-19(25)13-17(23-21(15)24)14-22-20(18-10-6-12-26-18)16-8-3-2-4-9-16/h2-13,20,22H,14H2,1H3/t20-/m0/s1. The molecule has 0 fully saturated rings. The van der Waals surface area contributed by atoms with Crippen LogP contribution in [-0.4, -0.2) is 9.38 Å². The first-order valence-electron chi connectivity index (χ1n) is 8.52. The molecular weight excluding hydrogens is 342 g/mol. The maximum atomic E-state index is 12.4. The number of nitrogens with one attached hydrogen (secondary N) is 1. The van der Waals surface area contributed by atoms with Crippen LogP contribution in [0.2, 0.25) is 0 Å². The minimum atomic E-state index is -0.0529. The molecule has 0 bridgehead atoms. The second-order valence-corrected chi connectivity index (χ2v) is 7.19. The monoisotopic (exact) mass is 361 g/mol. The van der Waals surface area contributed by atoms with Gasteiger partial charge in [0.15, 0.2) is 0 Å². The third kappa shape index (κ3) is 3.31. The number of rotatable bonds is 5. The van der Waals surface area contributed by atoms with Crippen molar-refractivity contribution in [2.45, 2.75) is 19.5 Å². The first kappa shape index (κ1) is 16.7. The van der Waals surface area contributed by atoms with Crippen LogP contribution in [0.15, 0.2) is 77.0 Å². The number of hydrogen-bond acceptors (Lipinski definition) is 4. The van der Waals surface area contributed by atoms with Crippen molar-refractivity contribution in [3.05, 3.63) is 104 Å². The van der Waals surface area contributed by atoms with Gasteiger partial charge in [-0.15, -0.1) is 11.3 Å². The van der Waals surface area contributed by atoms with Gasteiger partial charge in [0.1, 0.15) is 5.65 Å². The van der Waals surface area contributed by atoms with Crippen molar-refractivity contribution in [2.24, 2.45) is 0 Å². The number of hydrogen-bond donors (Lipinski definition) is 1. The summed E-state index contributed by atoms with van der Waals surface area (Å²) in [5, 5.41) is 5.65. The summed E-state index contributed by atoms with van der Waals surface area (Å²) in [6.45, 7) is 2.49. The Balaban J connectivity index is 1.65. The molecule has 0 aliphatic rings. The van der Waals surface area contributed by atoms with E-state index in [1.165, 1.54) is 10.4 Å². The molecule has 3 heterocycles. The molecule has 4 rings (SSSR count). The minimum Gasteiger partial charge on any atom is -0.300 e. The van der Waals surface area contributed by atoms with E-state index in [1.807, 2.05) is 37.3 Å². The molecule has 0 saturated carbocycles. The van der Waals surface area contributed by atoms with Crippen molar-refractivity contribution in [1.82, 2.24) is 14.7 Å². The summed E-state index contributed by atoms with van der Waals surface area (Å²) < 4.78 is 1.59. The minimum absolute atomic E-state index is 0.0529. The highest BCUT2D eigenvalue weighted by atomic mass is 32.1. The molecule has 0 spiro atoms. The Morgan fingerprint density at radius 3 is 2.73 bits per heavy atom. The van der Waals surface area contributed by atoms with Gasteiger partial charge in [-0.1, -0.05) is 42.5 Å². The molecule has 0 amide bonds. The van der Waals surface area contributed by atoms with Gasteiger partial charge in [-0.05, 0) is 35.6 Å². The zero-order chi connectivity index (χ0) is 17.9. The summed E-state index contributed by atoms with van der Waals surface area (Å²) in [7, 11) is 0. The molecule has 1 aromatic carbocycles. The van der Waals surface area contributed by atoms with Gasteiger partial charge in [0.25, 0.3) is 5.56 Å². The summed E-state index contributed by atoms with van der Waals surface area (Å²) in [6.07, 6.45) is 1.76. The highest BCUT2D eigenvalue weighted by Gasteiger charge is 2.15. The van der Waals surface area contributed by atoms with Crippen molar-refractivity contribution in [3.63, 3.8) is 0 Å². The van der Waals surface area contributed by atoms with Crippen LogP contribution in [0.4, 0.5) is 0 Å². The number of aromatic nitrogens is 2. The van der Waals surface area contributed by atoms with Gasteiger partial charge in [0.2, 0.25) is 0 Å². The first-order valence-corrected chi connectivity index (χ1v) is 9.40. The molecule has 5 heteroatoms. The number of nitrogens with zero attached hydrogens (tertiary/aromatic N) is 2. The average Bonchev–Trinajstić information content (AvgIpc) is 3.18. The van der Waals surface area contributed by atoms with Gasteiger partial charge in [-0.25, -0.2) is 4.98 Å². The molecule has 0 saturated heterocycles. The summed E-state index contributed by atoms with van der Waals surface area (Å²) in [4.78, 5) is 18.3. The molecule has 1 atom stereocenters. The molecule has 0 aliphatic heterocycles. The number of fused-ring (bicyclic) bond motifs is 1. The second kappa shape index (κ2) is 7.23. The van der Waals surface area contributed by atoms with Crippen LogP contribution in [0.3, 0.4) is 0 Å². The van der Waals surface area contributed by atoms with Crippen LogP contribution >= 0.6 is 11.3 Å². The molecule has 3 aromatic heterocycles. The Labute approximate surface area is 155 Å². The lowest BCUT2D eigenvalue weighted by molar-refractivity contribution is 0.604. The van der Waals surface area contributed by atoms with Crippen molar-refractivity contribution in [3.8, 4) is 0 Å². The predicted octanol–water partition coefficient (Wildman–Crippen LogP) is 3.94. The third-order valence-corrected chi connectivity index (χ3v) is 5.32. The SMILES string of the molecule is Cc1cccn2c(=O)cc(CN[C@@H](c3ccccc3)c3cccs3)nc12. The Bertz CT molecular complexity index is 1070. The third-order valence-electron chi connectivity index (χ3n) is 4.39. The van der Waals surface area contributed by atoms with Crippen LogP contribution in [0.1, 0.15) is 27.7 Å². The van der Waals surface area contributed by atoms with E-state index in [2.05, 4.69) is 39.9 Å². The van der Waals surface area contributed by atoms with E-state index in [0.717, 1.165) is 11.3 Å².